The predicted octanol–water partition coefficient (Wildman–Crippen LogP) is 1.68. The molecule has 23 heavy (non-hydrogen) atoms. The SMILES string of the molecule is COC1CC(CC(=O)O)N(C(=O)CCOCc2ccccc2)C1. The fourth-order valence-corrected chi connectivity index (χ4v) is 2.81. The zero-order valence-electron chi connectivity index (χ0n) is 13.3. The smallest absolute Gasteiger partial charge is 0.305 e. The number of amides is 1. The molecule has 1 saturated heterocycles. The first kappa shape index (κ1) is 17.4. The second kappa shape index (κ2) is 8.64. The van der Waals surface area contributed by atoms with Crippen LogP contribution in [0.5, 0.6) is 0 Å². The zero-order valence-corrected chi connectivity index (χ0v) is 13.3. The molecule has 1 N–H and O–H groups in total. The molecule has 0 aliphatic carbocycles. The van der Waals surface area contributed by atoms with Crippen molar-refractivity contribution < 1.29 is 24.2 Å². The number of likely N-dealkylation sites (tertiary alicyclic amines) is 1. The maximum absolute atomic E-state index is 12.3. The maximum atomic E-state index is 12.3. The molecule has 1 heterocycles. The Balaban J connectivity index is 1.77. The number of carboxylic acid groups (broad SMARTS) is 1. The van der Waals surface area contributed by atoms with Gasteiger partial charge in [-0.05, 0) is 12.0 Å². The van der Waals surface area contributed by atoms with Gasteiger partial charge in [0, 0.05) is 19.7 Å². The molecular formula is C17H23NO5. The van der Waals surface area contributed by atoms with Crippen LogP contribution in [0.2, 0.25) is 0 Å². The van der Waals surface area contributed by atoms with Crippen LogP contribution in [0.4, 0.5) is 0 Å². The Hall–Kier alpha value is -1.92. The highest BCUT2D eigenvalue weighted by Crippen LogP contribution is 2.23. The van der Waals surface area contributed by atoms with E-state index >= 15 is 0 Å². The number of nitrogens with zero attached hydrogens (tertiary/aromatic N) is 1. The standard InChI is InChI=1S/C17H23NO5/c1-22-15-9-14(10-17(20)21)18(11-15)16(19)7-8-23-12-13-5-3-2-4-6-13/h2-6,14-15H,7-12H2,1H3,(H,20,21). The van der Waals surface area contributed by atoms with E-state index in [-0.39, 0.29) is 30.9 Å². The summed E-state index contributed by atoms with van der Waals surface area (Å²) < 4.78 is 10.8. The number of benzene rings is 1. The summed E-state index contributed by atoms with van der Waals surface area (Å²) in [5, 5.41) is 8.97. The Morgan fingerprint density at radius 2 is 2.04 bits per heavy atom. The van der Waals surface area contributed by atoms with Gasteiger partial charge in [0.05, 0.1) is 32.2 Å². The number of aliphatic carboxylic acids is 1. The molecule has 2 atom stereocenters. The first-order chi connectivity index (χ1) is 11.1. The quantitative estimate of drug-likeness (QED) is 0.737. The van der Waals surface area contributed by atoms with Crippen LogP contribution in [0.1, 0.15) is 24.8 Å². The molecule has 1 fully saturated rings. The third-order valence-corrected chi connectivity index (χ3v) is 4.01. The van der Waals surface area contributed by atoms with Gasteiger partial charge >= 0.3 is 5.97 Å². The van der Waals surface area contributed by atoms with Gasteiger partial charge < -0.3 is 19.5 Å². The summed E-state index contributed by atoms with van der Waals surface area (Å²) in [6, 6.07) is 9.46. The average Bonchev–Trinajstić information content (AvgIpc) is 2.94. The molecule has 1 aliphatic rings. The molecule has 0 bridgehead atoms. The number of carbonyl (C=O) groups excluding carboxylic acids is 1. The Bertz CT molecular complexity index is 519. The van der Waals surface area contributed by atoms with Crippen molar-refractivity contribution in [1.29, 1.82) is 0 Å². The molecule has 6 nitrogen and oxygen atoms in total. The molecule has 1 aromatic carbocycles. The summed E-state index contributed by atoms with van der Waals surface area (Å²) in [7, 11) is 1.58. The minimum atomic E-state index is -0.898. The molecule has 0 radical (unpaired) electrons. The Kier molecular flexibility index (Phi) is 6.55. The number of carboxylic acids is 1. The fraction of sp³-hybridized carbons (Fsp3) is 0.529. The van der Waals surface area contributed by atoms with Gasteiger partial charge in [0.2, 0.25) is 5.91 Å². The van der Waals surface area contributed by atoms with Crippen molar-refractivity contribution in [2.75, 3.05) is 20.3 Å². The van der Waals surface area contributed by atoms with E-state index in [0.717, 1.165) is 5.56 Å². The van der Waals surface area contributed by atoms with Crippen molar-refractivity contribution in [3.8, 4) is 0 Å². The number of ether oxygens (including phenoxy) is 2. The van der Waals surface area contributed by atoms with Crippen LogP contribution in [0.15, 0.2) is 30.3 Å². The van der Waals surface area contributed by atoms with Crippen LogP contribution in [-0.2, 0) is 25.7 Å². The highest BCUT2D eigenvalue weighted by Gasteiger charge is 2.36. The average molecular weight is 321 g/mol. The van der Waals surface area contributed by atoms with E-state index < -0.39 is 5.97 Å². The number of hydrogen-bond acceptors (Lipinski definition) is 4. The van der Waals surface area contributed by atoms with E-state index in [9.17, 15) is 9.59 Å². The van der Waals surface area contributed by atoms with Gasteiger partial charge in [-0.1, -0.05) is 30.3 Å². The Labute approximate surface area is 136 Å². The fourth-order valence-electron chi connectivity index (χ4n) is 2.81. The third-order valence-electron chi connectivity index (χ3n) is 4.01. The molecule has 0 spiro atoms. The Morgan fingerprint density at radius 3 is 2.70 bits per heavy atom. The number of carbonyl (C=O) groups is 2. The van der Waals surface area contributed by atoms with Crippen LogP contribution >= 0.6 is 0 Å². The summed E-state index contributed by atoms with van der Waals surface area (Å²) in [6.07, 6.45) is 0.684. The summed E-state index contributed by atoms with van der Waals surface area (Å²) in [5.74, 6) is -0.978. The van der Waals surface area contributed by atoms with Crippen LogP contribution < -0.4 is 0 Å². The summed E-state index contributed by atoms with van der Waals surface area (Å²) in [6.45, 7) is 1.24. The zero-order chi connectivity index (χ0) is 16.7. The van der Waals surface area contributed by atoms with E-state index in [4.69, 9.17) is 14.6 Å². The lowest BCUT2D eigenvalue weighted by molar-refractivity contribution is -0.140. The highest BCUT2D eigenvalue weighted by molar-refractivity contribution is 5.78. The van der Waals surface area contributed by atoms with Crippen molar-refractivity contribution in [2.24, 2.45) is 0 Å². The monoisotopic (exact) mass is 321 g/mol. The molecule has 6 heteroatoms. The van der Waals surface area contributed by atoms with E-state index in [1.807, 2.05) is 30.3 Å². The van der Waals surface area contributed by atoms with Gasteiger partial charge in [0.25, 0.3) is 0 Å². The van der Waals surface area contributed by atoms with Crippen LogP contribution in [0.3, 0.4) is 0 Å². The first-order valence-electron chi connectivity index (χ1n) is 7.76. The van der Waals surface area contributed by atoms with Gasteiger partial charge in [-0.2, -0.15) is 0 Å². The van der Waals surface area contributed by atoms with Gasteiger partial charge in [-0.25, -0.2) is 0 Å². The summed E-state index contributed by atoms with van der Waals surface area (Å²) in [4.78, 5) is 24.9. The van der Waals surface area contributed by atoms with E-state index in [0.29, 0.717) is 26.2 Å². The predicted molar refractivity (Wildman–Crippen MR) is 83.9 cm³/mol. The lowest BCUT2D eigenvalue weighted by Crippen LogP contribution is -2.37. The van der Waals surface area contributed by atoms with Crippen LogP contribution in [-0.4, -0.2) is 54.3 Å². The lowest BCUT2D eigenvalue weighted by atomic mass is 10.1. The lowest BCUT2D eigenvalue weighted by Gasteiger charge is -2.23. The highest BCUT2D eigenvalue weighted by atomic mass is 16.5. The van der Waals surface area contributed by atoms with Gasteiger partial charge in [0.15, 0.2) is 0 Å². The number of hydrogen-bond donors (Lipinski definition) is 1. The van der Waals surface area contributed by atoms with E-state index in [1.54, 1.807) is 12.0 Å². The number of methoxy groups -OCH3 is 1. The molecule has 126 valence electrons. The van der Waals surface area contributed by atoms with Crippen molar-refractivity contribution in [3.63, 3.8) is 0 Å². The second-order valence-corrected chi connectivity index (χ2v) is 5.68. The summed E-state index contributed by atoms with van der Waals surface area (Å²) in [5.41, 5.74) is 1.06. The molecule has 2 rings (SSSR count). The largest absolute Gasteiger partial charge is 0.481 e. The normalized spacial score (nSPS) is 20.7. The minimum absolute atomic E-state index is 0.0452. The first-order valence-corrected chi connectivity index (χ1v) is 7.76. The third kappa shape index (κ3) is 5.33. The summed E-state index contributed by atoms with van der Waals surface area (Å²) >= 11 is 0. The van der Waals surface area contributed by atoms with Crippen molar-refractivity contribution in [2.45, 2.75) is 38.0 Å². The number of rotatable bonds is 8. The Morgan fingerprint density at radius 1 is 1.30 bits per heavy atom. The molecule has 0 saturated carbocycles. The topological polar surface area (TPSA) is 76.1 Å². The van der Waals surface area contributed by atoms with Gasteiger partial charge in [-0.15, -0.1) is 0 Å². The van der Waals surface area contributed by atoms with Crippen molar-refractivity contribution in [3.05, 3.63) is 35.9 Å². The van der Waals surface area contributed by atoms with Crippen molar-refractivity contribution >= 4 is 11.9 Å². The van der Waals surface area contributed by atoms with Gasteiger partial charge in [0.1, 0.15) is 0 Å². The maximum Gasteiger partial charge on any atom is 0.305 e. The van der Waals surface area contributed by atoms with E-state index in [2.05, 4.69) is 0 Å². The molecule has 2 unspecified atom stereocenters. The second-order valence-electron chi connectivity index (χ2n) is 5.68. The van der Waals surface area contributed by atoms with Crippen LogP contribution in [0, 0.1) is 0 Å². The van der Waals surface area contributed by atoms with Gasteiger partial charge in [-0.3, -0.25) is 9.59 Å². The minimum Gasteiger partial charge on any atom is -0.481 e. The van der Waals surface area contributed by atoms with Crippen molar-refractivity contribution in [1.82, 2.24) is 4.90 Å². The molecule has 0 aromatic heterocycles. The van der Waals surface area contributed by atoms with E-state index in [1.165, 1.54) is 0 Å². The van der Waals surface area contributed by atoms with Crippen LogP contribution in [0.25, 0.3) is 0 Å². The molecule has 1 aromatic rings. The molecular weight excluding hydrogens is 298 g/mol. The molecule has 1 amide bonds. The molecule has 1 aliphatic heterocycles.